The molecule has 0 spiro atoms. The minimum Gasteiger partial charge on any atom is -0.486 e. The number of imidazole rings is 1. The lowest BCUT2D eigenvalue weighted by molar-refractivity contribution is -0.122. The van der Waals surface area contributed by atoms with Gasteiger partial charge >= 0.3 is 0 Å². The van der Waals surface area contributed by atoms with E-state index < -0.39 is 22.2 Å². The van der Waals surface area contributed by atoms with Crippen molar-refractivity contribution in [3.63, 3.8) is 0 Å². The van der Waals surface area contributed by atoms with Crippen molar-refractivity contribution in [2.24, 2.45) is 18.9 Å². The largest absolute Gasteiger partial charge is 0.486 e. The van der Waals surface area contributed by atoms with Gasteiger partial charge in [-0.2, -0.15) is 4.31 Å². The van der Waals surface area contributed by atoms with Crippen LogP contribution in [0.25, 0.3) is 0 Å². The first-order valence-electron chi connectivity index (χ1n) is 13.1. The number of aliphatic hydroxyl groups is 1. The number of para-hydroxylation sites is 1. The number of sulfonamides is 1. The Kier molecular flexibility index (Phi) is 8.94. The number of hydrogen-bond acceptors (Lipinski definition) is 8. The number of aliphatic hydroxyl groups excluding tert-OH is 1. The normalized spacial score (nSPS) is 21.6. The predicted octanol–water partition coefficient (Wildman–Crippen LogP) is 1.33. The zero-order valence-corrected chi connectivity index (χ0v) is 23.6. The van der Waals surface area contributed by atoms with E-state index in [-0.39, 0.29) is 59.7 Å². The SMILES string of the molecule is C[C@H]1CN([C@@H](C)CO)C(=O)c2cccc(NC(=O)C3CCOCC3)c2O[C@@H]1CN(C)S(=O)(=O)c1cn(C)cn1. The molecule has 13 heteroatoms. The van der Waals surface area contributed by atoms with E-state index in [1.165, 1.54) is 23.9 Å². The summed E-state index contributed by atoms with van der Waals surface area (Å²) in [5.74, 6) is -0.901. The number of rotatable bonds is 8. The van der Waals surface area contributed by atoms with E-state index in [0.717, 1.165) is 0 Å². The lowest BCUT2D eigenvalue weighted by atomic mass is 9.98. The lowest BCUT2D eigenvalue weighted by Gasteiger charge is -2.38. The molecule has 12 nitrogen and oxygen atoms in total. The molecule has 214 valence electrons. The van der Waals surface area contributed by atoms with Crippen LogP contribution in [0.2, 0.25) is 0 Å². The van der Waals surface area contributed by atoms with Crippen LogP contribution in [-0.2, 0) is 26.6 Å². The summed E-state index contributed by atoms with van der Waals surface area (Å²) < 4.78 is 41.0. The van der Waals surface area contributed by atoms with Crippen molar-refractivity contribution in [1.29, 1.82) is 0 Å². The van der Waals surface area contributed by atoms with E-state index in [4.69, 9.17) is 9.47 Å². The molecule has 0 saturated carbocycles. The fourth-order valence-corrected chi connectivity index (χ4v) is 5.93. The molecule has 3 atom stereocenters. The molecule has 2 N–H and O–H groups in total. The first-order chi connectivity index (χ1) is 18.5. The minimum atomic E-state index is -3.91. The number of carbonyl (C=O) groups excluding carboxylic acids is 2. The van der Waals surface area contributed by atoms with Crippen molar-refractivity contribution in [3.8, 4) is 5.75 Å². The van der Waals surface area contributed by atoms with E-state index in [1.54, 1.807) is 41.6 Å². The molecule has 2 aliphatic rings. The average molecular weight is 564 g/mol. The van der Waals surface area contributed by atoms with Crippen LogP contribution >= 0.6 is 0 Å². The number of anilines is 1. The van der Waals surface area contributed by atoms with E-state index >= 15 is 0 Å². The first-order valence-corrected chi connectivity index (χ1v) is 14.5. The summed E-state index contributed by atoms with van der Waals surface area (Å²) in [6.07, 6.45) is 3.35. The van der Waals surface area contributed by atoms with Crippen molar-refractivity contribution in [3.05, 3.63) is 36.3 Å². The van der Waals surface area contributed by atoms with Crippen LogP contribution in [0, 0.1) is 11.8 Å². The average Bonchev–Trinajstić information content (AvgIpc) is 3.38. The summed E-state index contributed by atoms with van der Waals surface area (Å²) in [7, 11) is -0.765. The summed E-state index contributed by atoms with van der Waals surface area (Å²) in [4.78, 5) is 32.3. The van der Waals surface area contributed by atoms with Crippen molar-refractivity contribution >= 4 is 27.5 Å². The van der Waals surface area contributed by atoms with E-state index in [1.807, 2.05) is 6.92 Å². The summed E-state index contributed by atoms with van der Waals surface area (Å²) in [5, 5.41) is 12.7. The number of nitrogens with zero attached hydrogens (tertiary/aromatic N) is 4. The van der Waals surface area contributed by atoms with Crippen molar-refractivity contribution in [1.82, 2.24) is 18.8 Å². The van der Waals surface area contributed by atoms with E-state index in [9.17, 15) is 23.1 Å². The fourth-order valence-electron chi connectivity index (χ4n) is 4.79. The van der Waals surface area contributed by atoms with E-state index in [0.29, 0.717) is 31.7 Å². The third kappa shape index (κ3) is 6.26. The molecule has 2 amide bonds. The quantitative estimate of drug-likeness (QED) is 0.490. The van der Waals surface area contributed by atoms with Crippen LogP contribution in [0.5, 0.6) is 5.75 Å². The van der Waals surface area contributed by atoms with Gasteiger partial charge in [-0.3, -0.25) is 9.59 Å². The van der Waals surface area contributed by atoms with Gasteiger partial charge in [0.05, 0.1) is 36.8 Å². The number of ether oxygens (including phenoxy) is 2. The van der Waals surface area contributed by atoms with Crippen LogP contribution < -0.4 is 10.1 Å². The van der Waals surface area contributed by atoms with Gasteiger partial charge in [0.25, 0.3) is 15.9 Å². The molecule has 0 bridgehead atoms. The smallest absolute Gasteiger partial charge is 0.261 e. The van der Waals surface area contributed by atoms with Gasteiger partial charge in [-0.1, -0.05) is 13.0 Å². The number of aryl methyl sites for hydroxylation is 1. The third-order valence-corrected chi connectivity index (χ3v) is 9.04. The maximum Gasteiger partial charge on any atom is 0.261 e. The number of benzene rings is 1. The van der Waals surface area contributed by atoms with Gasteiger partial charge in [-0.15, -0.1) is 0 Å². The number of amides is 2. The Hall–Kier alpha value is -3.00. The minimum absolute atomic E-state index is 0.0305. The van der Waals surface area contributed by atoms with Crippen LogP contribution in [-0.4, -0.2) is 96.2 Å². The molecular weight excluding hydrogens is 526 g/mol. The number of carbonyl (C=O) groups is 2. The van der Waals surface area contributed by atoms with Crippen LogP contribution in [0.1, 0.15) is 37.0 Å². The van der Waals surface area contributed by atoms with Crippen molar-refractivity contribution < 1.29 is 32.6 Å². The molecule has 3 heterocycles. The van der Waals surface area contributed by atoms with Gasteiger partial charge in [-0.25, -0.2) is 13.4 Å². The Morgan fingerprint density at radius 3 is 2.67 bits per heavy atom. The van der Waals surface area contributed by atoms with Crippen molar-refractivity contribution in [2.45, 2.75) is 43.9 Å². The zero-order valence-electron chi connectivity index (χ0n) is 22.7. The topological polar surface area (TPSA) is 143 Å². The summed E-state index contributed by atoms with van der Waals surface area (Å²) >= 11 is 0. The highest BCUT2D eigenvalue weighted by Crippen LogP contribution is 2.36. The first kappa shape index (κ1) is 29.0. The standard InChI is InChI=1S/C26H37N5O7S/c1-17-12-31(18(2)15-32)26(34)20-6-5-7-21(28-25(33)19-8-10-37-11-9-19)24(20)38-22(17)13-30(4)39(35,36)23-14-29(3)16-27-23/h5-7,14,16-19,22,32H,8-13,15H2,1-4H3,(H,28,33)/t17-,18-,22+/m0/s1. The Labute approximate surface area is 228 Å². The molecule has 39 heavy (non-hydrogen) atoms. The number of nitrogens with one attached hydrogen (secondary N) is 1. The van der Waals surface area contributed by atoms with Gasteiger partial charge in [-0.05, 0) is 31.9 Å². The van der Waals surface area contributed by atoms with Crippen LogP contribution in [0.3, 0.4) is 0 Å². The molecule has 4 rings (SSSR count). The highest BCUT2D eigenvalue weighted by Gasteiger charge is 2.37. The number of aromatic nitrogens is 2. The highest BCUT2D eigenvalue weighted by atomic mass is 32.2. The summed E-state index contributed by atoms with van der Waals surface area (Å²) in [6, 6.07) is 4.46. The molecular formula is C26H37N5O7S. The molecule has 0 unspecified atom stereocenters. The molecule has 1 fully saturated rings. The molecule has 0 aliphatic carbocycles. The summed E-state index contributed by atoms with van der Waals surface area (Å²) in [6.45, 7) is 4.58. The molecule has 2 aliphatic heterocycles. The molecule has 1 saturated heterocycles. The number of likely N-dealkylation sites (N-methyl/N-ethyl adjacent to an activating group) is 1. The monoisotopic (exact) mass is 563 g/mol. The molecule has 1 aromatic carbocycles. The van der Waals surface area contributed by atoms with E-state index in [2.05, 4.69) is 10.3 Å². The van der Waals surface area contributed by atoms with Gasteiger partial charge in [0.2, 0.25) is 5.91 Å². The molecule has 1 aromatic heterocycles. The van der Waals surface area contributed by atoms with Gasteiger partial charge in [0, 0.05) is 51.9 Å². The molecule has 0 radical (unpaired) electrons. The van der Waals surface area contributed by atoms with Crippen molar-refractivity contribution in [2.75, 3.05) is 45.3 Å². The Bertz CT molecular complexity index is 1290. The Balaban J connectivity index is 1.69. The predicted molar refractivity (Wildman–Crippen MR) is 143 cm³/mol. The maximum atomic E-state index is 13.6. The summed E-state index contributed by atoms with van der Waals surface area (Å²) in [5.41, 5.74) is 0.565. The number of fused-ring (bicyclic) bond motifs is 1. The second-order valence-corrected chi connectivity index (χ2v) is 12.3. The Morgan fingerprint density at radius 1 is 1.31 bits per heavy atom. The number of hydrogen-bond donors (Lipinski definition) is 2. The zero-order chi connectivity index (χ0) is 28.3. The third-order valence-electron chi connectivity index (χ3n) is 7.33. The second kappa shape index (κ2) is 12.0. The second-order valence-electron chi connectivity index (χ2n) is 10.3. The highest BCUT2D eigenvalue weighted by molar-refractivity contribution is 7.89. The van der Waals surface area contributed by atoms with Gasteiger partial charge < -0.3 is 29.4 Å². The lowest BCUT2D eigenvalue weighted by Crippen LogP contribution is -2.50. The maximum absolute atomic E-state index is 13.6. The molecule has 2 aromatic rings. The van der Waals surface area contributed by atoms with Gasteiger partial charge in [0.1, 0.15) is 6.10 Å². The van der Waals surface area contributed by atoms with Crippen LogP contribution in [0.4, 0.5) is 5.69 Å². The fraction of sp³-hybridized carbons (Fsp3) is 0.577. The van der Waals surface area contributed by atoms with Gasteiger partial charge in [0.15, 0.2) is 10.8 Å². The van der Waals surface area contributed by atoms with Crippen LogP contribution in [0.15, 0.2) is 35.7 Å². The Morgan fingerprint density at radius 2 is 2.03 bits per heavy atom.